The third-order valence-corrected chi connectivity index (χ3v) is 8.66. The lowest BCUT2D eigenvalue weighted by Gasteiger charge is -2.24. The van der Waals surface area contributed by atoms with Crippen molar-refractivity contribution in [2.24, 2.45) is 0 Å². The Balaban J connectivity index is 1.49. The lowest BCUT2D eigenvalue weighted by molar-refractivity contribution is -0.114. The molecule has 4 aromatic carbocycles. The van der Waals surface area contributed by atoms with Gasteiger partial charge in [-0.3, -0.25) is 13.9 Å². The summed E-state index contributed by atoms with van der Waals surface area (Å²) in [4.78, 5) is 26.0. The Hall–Kier alpha value is -3.70. The number of hydrogen-bond acceptors (Lipinski definition) is 4. The highest BCUT2D eigenvalue weighted by Crippen LogP contribution is 2.26. The normalized spacial score (nSPS) is 11.5. The summed E-state index contributed by atoms with van der Waals surface area (Å²) in [5.41, 5.74) is 2.91. The molecule has 0 saturated carbocycles. The highest BCUT2D eigenvalue weighted by Gasteiger charge is 2.27. The second kappa shape index (κ2) is 12.2. The summed E-state index contributed by atoms with van der Waals surface area (Å²) in [5, 5.41) is 5.61. The number of carbonyl (C=O) groups is 2. The number of halogens is 1. The molecule has 40 heavy (non-hydrogen) atoms. The van der Waals surface area contributed by atoms with Gasteiger partial charge in [0.15, 0.2) is 0 Å². The van der Waals surface area contributed by atoms with Crippen molar-refractivity contribution in [3.8, 4) is 0 Å². The van der Waals surface area contributed by atoms with Crippen LogP contribution >= 0.6 is 22.6 Å². The van der Waals surface area contributed by atoms with Crippen LogP contribution in [-0.4, -0.2) is 26.8 Å². The Labute approximate surface area is 248 Å². The molecule has 2 N–H and O–H groups in total. The third kappa shape index (κ3) is 7.28. The van der Waals surface area contributed by atoms with Gasteiger partial charge in [0.2, 0.25) is 5.91 Å². The Morgan fingerprint density at radius 1 is 0.775 bits per heavy atom. The van der Waals surface area contributed by atoms with E-state index >= 15 is 0 Å². The average molecular weight is 668 g/mol. The van der Waals surface area contributed by atoms with Crippen molar-refractivity contribution in [3.63, 3.8) is 0 Å². The Morgan fingerprint density at radius 3 is 1.98 bits per heavy atom. The van der Waals surface area contributed by atoms with Crippen molar-refractivity contribution in [1.82, 2.24) is 0 Å². The van der Waals surface area contributed by atoms with E-state index in [0.29, 0.717) is 22.6 Å². The summed E-state index contributed by atoms with van der Waals surface area (Å²) in [7, 11) is -4.01. The van der Waals surface area contributed by atoms with Gasteiger partial charge in [-0.25, -0.2) is 8.42 Å². The van der Waals surface area contributed by atoms with Crippen molar-refractivity contribution in [1.29, 1.82) is 0 Å². The molecular weight excluding hydrogens is 637 g/mol. The Kier molecular flexibility index (Phi) is 8.95. The van der Waals surface area contributed by atoms with Gasteiger partial charge in [0.25, 0.3) is 15.9 Å². The molecular formula is C31H30IN3O4S. The molecule has 4 aromatic rings. The zero-order valence-corrected chi connectivity index (χ0v) is 25.4. The molecule has 0 aromatic heterocycles. The number of rotatable bonds is 8. The summed E-state index contributed by atoms with van der Waals surface area (Å²) >= 11 is 2.13. The minimum absolute atomic E-state index is 0.0172. The first-order chi connectivity index (χ1) is 18.9. The molecule has 9 heteroatoms. The second-order valence-corrected chi connectivity index (χ2v) is 13.3. The standard InChI is InChI=1S/C31H30IN3O4S/c1-31(2,3)23-14-12-22(13-15-23)30(37)34-26-9-7-8-25(20-26)33-29(36)21-35(27-18-16-24(32)17-19-27)40(38,39)28-10-5-4-6-11-28/h4-20H,21H2,1-3H3,(H,33,36)(H,34,37). The number of benzene rings is 4. The molecule has 4 rings (SSSR count). The van der Waals surface area contributed by atoms with E-state index in [1.165, 1.54) is 12.1 Å². The van der Waals surface area contributed by atoms with Gasteiger partial charge in [0, 0.05) is 20.5 Å². The van der Waals surface area contributed by atoms with Gasteiger partial charge in [-0.1, -0.05) is 57.2 Å². The molecule has 0 unspecified atom stereocenters. The van der Waals surface area contributed by atoms with E-state index in [2.05, 4.69) is 54.0 Å². The smallest absolute Gasteiger partial charge is 0.264 e. The summed E-state index contributed by atoms with van der Waals surface area (Å²) in [6.07, 6.45) is 0. The molecule has 2 amide bonds. The van der Waals surface area contributed by atoms with Gasteiger partial charge >= 0.3 is 0 Å². The van der Waals surface area contributed by atoms with Crippen LogP contribution < -0.4 is 14.9 Å². The maximum absolute atomic E-state index is 13.5. The summed E-state index contributed by atoms with van der Waals surface area (Å²) in [6.45, 7) is 5.89. The van der Waals surface area contributed by atoms with Gasteiger partial charge in [0.05, 0.1) is 10.6 Å². The van der Waals surface area contributed by atoms with Crippen LogP contribution in [0, 0.1) is 3.57 Å². The molecule has 0 aliphatic carbocycles. The maximum Gasteiger partial charge on any atom is 0.264 e. The molecule has 0 radical (unpaired) electrons. The van der Waals surface area contributed by atoms with E-state index in [1.807, 2.05) is 12.1 Å². The number of amides is 2. The largest absolute Gasteiger partial charge is 0.324 e. The van der Waals surface area contributed by atoms with Crippen molar-refractivity contribution in [2.45, 2.75) is 31.1 Å². The molecule has 0 fully saturated rings. The zero-order chi connectivity index (χ0) is 28.9. The van der Waals surface area contributed by atoms with Gasteiger partial charge in [-0.05, 0) is 100 Å². The first-order valence-electron chi connectivity index (χ1n) is 12.6. The molecule has 0 aliphatic rings. The quantitative estimate of drug-likeness (QED) is 0.205. The van der Waals surface area contributed by atoms with Gasteiger partial charge in [-0.15, -0.1) is 0 Å². The lowest BCUT2D eigenvalue weighted by Crippen LogP contribution is -2.38. The van der Waals surface area contributed by atoms with Gasteiger partial charge in [0.1, 0.15) is 6.54 Å². The van der Waals surface area contributed by atoms with Crippen molar-refractivity contribution >= 4 is 61.5 Å². The first kappa shape index (κ1) is 29.3. The van der Waals surface area contributed by atoms with E-state index in [4.69, 9.17) is 0 Å². The van der Waals surface area contributed by atoms with Crippen LogP contribution in [0.4, 0.5) is 17.1 Å². The summed E-state index contributed by atoms with van der Waals surface area (Å²) < 4.78 is 29.0. The van der Waals surface area contributed by atoms with E-state index in [9.17, 15) is 18.0 Å². The SMILES string of the molecule is CC(C)(C)c1ccc(C(=O)Nc2cccc(NC(=O)CN(c3ccc(I)cc3)S(=O)(=O)c3ccccc3)c2)cc1. The predicted octanol–water partition coefficient (Wildman–Crippen LogP) is 6.68. The van der Waals surface area contributed by atoms with Gasteiger partial charge in [-0.2, -0.15) is 0 Å². The maximum atomic E-state index is 13.5. The molecule has 0 saturated heterocycles. The predicted molar refractivity (Wildman–Crippen MR) is 168 cm³/mol. The van der Waals surface area contributed by atoms with Crippen LogP contribution in [-0.2, 0) is 20.2 Å². The Morgan fingerprint density at radius 2 is 1.38 bits per heavy atom. The van der Waals surface area contributed by atoms with Crippen LogP contribution in [0.3, 0.4) is 0 Å². The first-order valence-corrected chi connectivity index (χ1v) is 15.1. The molecule has 0 atom stereocenters. The van der Waals surface area contributed by atoms with E-state index in [1.54, 1.807) is 78.9 Å². The molecule has 0 bridgehead atoms. The average Bonchev–Trinajstić information content (AvgIpc) is 2.92. The number of nitrogens with zero attached hydrogens (tertiary/aromatic N) is 1. The number of hydrogen-bond donors (Lipinski definition) is 2. The highest BCUT2D eigenvalue weighted by atomic mass is 127. The van der Waals surface area contributed by atoms with Crippen molar-refractivity contribution in [3.05, 3.63) is 118 Å². The van der Waals surface area contributed by atoms with Crippen LogP contribution in [0.2, 0.25) is 0 Å². The topological polar surface area (TPSA) is 95.6 Å². The number of carbonyl (C=O) groups excluding carboxylic acids is 2. The minimum atomic E-state index is -4.01. The molecule has 0 spiro atoms. The van der Waals surface area contributed by atoms with E-state index in [0.717, 1.165) is 13.4 Å². The minimum Gasteiger partial charge on any atom is -0.324 e. The molecule has 0 heterocycles. The monoisotopic (exact) mass is 667 g/mol. The van der Waals surface area contributed by atoms with Crippen LogP contribution in [0.15, 0.2) is 108 Å². The van der Waals surface area contributed by atoms with E-state index in [-0.39, 0.29) is 16.2 Å². The fourth-order valence-electron chi connectivity index (χ4n) is 3.97. The lowest BCUT2D eigenvalue weighted by atomic mass is 9.87. The fraction of sp³-hybridized carbons (Fsp3) is 0.161. The molecule has 0 aliphatic heterocycles. The number of anilines is 3. The van der Waals surface area contributed by atoms with Crippen molar-refractivity contribution < 1.29 is 18.0 Å². The summed E-state index contributed by atoms with van der Waals surface area (Å²) in [5.74, 6) is -0.804. The van der Waals surface area contributed by atoms with Crippen LogP contribution in [0.25, 0.3) is 0 Å². The second-order valence-electron chi connectivity index (χ2n) is 10.2. The highest BCUT2D eigenvalue weighted by molar-refractivity contribution is 14.1. The van der Waals surface area contributed by atoms with E-state index < -0.39 is 22.5 Å². The third-order valence-electron chi connectivity index (χ3n) is 6.15. The van der Waals surface area contributed by atoms with Gasteiger partial charge < -0.3 is 10.6 Å². The van der Waals surface area contributed by atoms with Crippen LogP contribution in [0.5, 0.6) is 0 Å². The van der Waals surface area contributed by atoms with Crippen molar-refractivity contribution in [2.75, 3.05) is 21.5 Å². The number of sulfonamides is 1. The number of nitrogens with one attached hydrogen (secondary N) is 2. The van der Waals surface area contributed by atoms with Crippen LogP contribution in [0.1, 0.15) is 36.7 Å². The Bertz CT molecular complexity index is 1600. The summed E-state index contributed by atoms with van der Waals surface area (Å²) in [6, 6.07) is 29.1. The molecule has 7 nitrogen and oxygen atoms in total. The fourth-order valence-corrected chi connectivity index (χ4v) is 5.77. The molecule has 206 valence electrons. The zero-order valence-electron chi connectivity index (χ0n) is 22.4.